The van der Waals surface area contributed by atoms with Gasteiger partial charge in [-0.3, -0.25) is 0 Å². The molecule has 0 aromatic heterocycles. The van der Waals surface area contributed by atoms with Crippen molar-refractivity contribution in [3.8, 4) is 5.75 Å². The van der Waals surface area contributed by atoms with Crippen molar-refractivity contribution < 1.29 is 22.7 Å². The second-order valence-corrected chi connectivity index (χ2v) is 3.88. The van der Waals surface area contributed by atoms with Gasteiger partial charge >= 0.3 is 6.18 Å². The van der Waals surface area contributed by atoms with Crippen LogP contribution in [-0.2, 0) is 6.18 Å². The predicted octanol–water partition coefficient (Wildman–Crippen LogP) is 4.97. The normalized spacial score (nSPS) is 12.0. The zero-order valence-electron chi connectivity index (χ0n) is 9.89. The summed E-state index contributed by atoms with van der Waals surface area (Å²) < 4.78 is 50.5. The number of nitrogens with zero attached hydrogens (tertiary/aromatic N) is 2. The van der Waals surface area contributed by atoms with Crippen LogP contribution < -0.4 is 0 Å². The Morgan fingerprint density at radius 1 is 0.850 bits per heavy atom. The summed E-state index contributed by atoms with van der Waals surface area (Å²) in [5.41, 5.74) is -1.16. The van der Waals surface area contributed by atoms with Gasteiger partial charge in [-0.1, -0.05) is 0 Å². The molecule has 2 rings (SSSR count). The molecular weight excluding hydrogens is 276 g/mol. The molecule has 0 aliphatic heterocycles. The van der Waals surface area contributed by atoms with Crippen molar-refractivity contribution in [1.82, 2.24) is 0 Å². The first kappa shape index (κ1) is 14.0. The van der Waals surface area contributed by atoms with E-state index in [1.165, 1.54) is 24.3 Å². The van der Waals surface area contributed by atoms with Gasteiger partial charge in [0.25, 0.3) is 0 Å². The molecule has 2 aromatic rings. The second kappa shape index (κ2) is 5.28. The van der Waals surface area contributed by atoms with E-state index < -0.39 is 17.6 Å². The zero-order valence-corrected chi connectivity index (χ0v) is 9.89. The summed E-state index contributed by atoms with van der Waals surface area (Å²) >= 11 is 0. The van der Waals surface area contributed by atoms with Crippen LogP contribution in [0.2, 0.25) is 0 Å². The summed E-state index contributed by atoms with van der Waals surface area (Å²) in [7, 11) is 0. The minimum absolute atomic E-state index is 0.0325. The van der Waals surface area contributed by atoms with E-state index in [0.29, 0.717) is 17.8 Å². The van der Waals surface area contributed by atoms with Crippen molar-refractivity contribution >= 4 is 11.4 Å². The van der Waals surface area contributed by atoms with Crippen LogP contribution in [0.25, 0.3) is 0 Å². The molecule has 0 bridgehead atoms. The van der Waals surface area contributed by atoms with E-state index in [1.807, 2.05) is 0 Å². The Labute approximate surface area is 111 Å². The van der Waals surface area contributed by atoms with Gasteiger partial charge in [0, 0.05) is 0 Å². The third-order valence-corrected chi connectivity index (χ3v) is 2.39. The fourth-order valence-electron chi connectivity index (χ4n) is 1.43. The lowest BCUT2D eigenvalue weighted by Gasteiger charge is -2.07. The Bertz CT molecular complexity index is 636. The molecule has 104 valence electrons. The highest BCUT2D eigenvalue weighted by Gasteiger charge is 2.34. The second-order valence-electron chi connectivity index (χ2n) is 3.88. The number of aromatic hydroxyl groups is 1. The minimum atomic E-state index is -4.78. The Balaban J connectivity index is 2.28. The highest BCUT2D eigenvalue weighted by molar-refractivity contribution is 5.44. The number of phenolic OH excluding ortho intramolecular Hbond substituents is 1. The first-order valence-electron chi connectivity index (χ1n) is 5.44. The number of azo groups is 1. The molecular formula is C13H8F4N2O. The number of benzene rings is 2. The van der Waals surface area contributed by atoms with Crippen molar-refractivity contribution in [3.05, 3.63) is 53.8 Å². The maximum atomic E-state index is 13.1. The van der Waals surface area contributed by atoms with Gasteiger partial charge in [-0.2, -0.15) is 23.4 Å². The summed E-state index contributed by atoms with van der Waals surface area (Å²) in [6.45, 7) is 0. The van der Waals surface area contributed by atoms with Gasteiger partial charge in [0.1, 0.15) is 11.6 Å². The van der Waals surface area contributed by atoms with Crippen molar-refractivity contribution in [3.63, 3.8) is 0 Å². The monoisotopic (exact) mass is 284 g/mol. The molecule has 0 atom stereocenters. The highest BCUT2D eigenvalue weighted by atomic mass is 19.4. The number of hydrogen-bond acceptors (Lipinski definition) is 3. The third kappa shape index (κ3) is 3.31. The molecule has 0 amide bonds. The van der Waals surface area contributed by atoms with E-state index in [-0.39, 0.29) is 11.4 Å². The zero-order chi connectivity index (χ0) is 14.8. The molecule has 7 heteroatoms. The van der Waals surface area contributed by atoms with Crippen molar-refractivity contribution in [2.75, 3.05) is 0 Å². The molecule has 1 N–H and O–H groups in total. The van der Waals surface area contributed by atoms with Gasteiger partial charge in [-0.25, -0.2) is 4.39 Å². The summed E-state index contributed by atoms with van der Waals surface area (Å²) in [5.74, 6) is -1.33. The molecule has 0 aliphatic rings. The Hall–Kier alpha value is -2.44. The van der Waals surface area contributed by atoms with Crippen LogP contribution in [0.4, 0.5) is 28.9 Å². The van der Waals surface area contributed by atoms with Gasteiger partial charge in [-0.05, 0) is 42.5 Å². The maximum Gasteiger partial charge on any atom is 0.419 e. The summed E-state index contributed by atoms with van der Waals surface area (Å²) in [4.78, 5) is 0. The lowest BCUT2D eigenvalue weighted by molar-refractivity contribution is -0.139. The van der Waals surface area contributed by atoms with Crippen LogP contribution in [0.5, 0.6) is 5.75 Å². The van der Waals surface area contributed by atoms with Gasteiger partial charge in [0.2, 0.25) is 0 Å². The van der Waals surface area contributed by atoms with Crippen molar-refractivity contribution in [2.24, 2.45) is 10.2 Å². The Morgan fingerprint density at radius 3 is 2.00 bits per heavy atom. The molecule has 0 radical (unpaired) electrons. The Morgan fingerprint density at radius 2 is 1.40 bits per heavy atom. The summed E-state index contributed by atoms with van der Waals surface area (Å²) in [6, 6.07) is 7.96. The number of hydrogen-bond donors (Lipinski definition) is 1. The lowest BCUT2D eigenvalue weighted by Crippen LogP contribution is -2.07. The molecule has 0 unspecified atom stereocenters. The van der Waals surface area contributed by atoms with Gasteiger partial charge in [-0.15, -0.1) is 0 Å². The maximum absolute atomic E-state index is 13.1. The van der Waals surface area contributed by atoms with Gasteiger partial charge in [0.15, 0.2) is 0 Å². The standard InChI is InChI=1S/C13H8F4N2O/c14-12-6-3-9(7-11(12)13(15,16)17)19-18-8-1-4-10(20)5-2-8/h1-7,20H. The Kier molecular flexibility index (Phi) is 3.69. The highest BCUT2D eigenvalue weighted by Crippen LogP contribution is 2.34. The van der Waals surface area contributed by atoms with Crippen LogP contribution in [-0.4, -0.2) is 5.11 Å². The predicted molar refractivity (Wildman–Crippen MR) is 63.7 cm³/mol. The van der Waals surface area contributed by atoms with Crippen LogP contribution >= 0.6 is 0 Å². The first-order chi connectivity index (χ1) is 9.36. The number of halogens is 4. The fraction of sp³-hybridized carbons (Fsp3) is 0.0769. The molecule has 0 fully saturated rings. The fourth-order valence-corrected chi connectivity index (χ4v) is 1.43. The van der Waals surface area contributed by atoms with E-state index in [2.05, 4.69) is 10.2 Å². The van der Waals surface area contributed by atoms with E-state index >= 15 is 0 Å². The number of rotatable bonds is 2. The van der Waals surface area contributed by atoms with E-state index in [1.54, 1.807) is 0 Å². The summed E-state index contributed by atoms with van der Waals surface area (Å²) in [5, 5.41) is 16.4. The smallest absolute Gasteiger partial charge is 0.419 e. The molecule has 0 heterocycles. The average molecular weight is 284 g/mol. The van der Waals surface area contributed by atoms with Crippen molar-refractivity contribution in [2.45, 2.75) is 6.18 Å². The molecule has 0 saturated carbocycles. The molecule has 2 aromatic carbocycles. The van der Waals surface area contributed by atoms with E-state index in [4.69, 9.17) is 5.11 Å². The molecule has 20 heavy (non-hydrogen) atoms. The molecule has 3 nitrogen and oxygen atoms in total. The van der Waals surface area contributed by atoms with E-state index in [0.717, 1.165) is 6.07 Å². The van der Waals surface area contributed by atoms with Crippen LogP contribution in [0, 0.1) is 5.82 Å². The van der Waals surface area contributed by atoms with Crippen molar-refractivity contribution in [1.29, 1.82) is 0 Å². The summed E-state index contributed by atoms with van der Waals surface area (Å²) in [6.07, 6.45) is -4.78. The topological polar surface area (TPSA) is 45.0 Å². The molecule has 0 saturated heterocycles. The quantitative estimate of drug-likeness (QED) is 0.614. The van der Waals surface area contributed by atoms with Crippen LogP contribution in [0.1, 0.15) is 5.56 Å². The SMILES string of the molecule is Oc1ccc(N=Nc2ccc(F)c(C(F)(F)F)c2)cc1. The van der Waals surface area contributed by atoms with Gasteiger partial charge in [0.05, 0.1) is 16.9 Å². The van der Waals surface area contributed by atoms with Crippen LogP contribution in [0.15, 0.2) is 52.7 Å². The molecule has 0 spiro atoms. The number of alkyl halides is 3. The first-order valence-corrected chi connectivity index (χ1v) is 5.44. The largest absolute Gasteiger partial charge is 0.508 e. The van der Waals surface area contributed by atoms with E-state index in [9.17, 15) is 17.6 Å². The average Bonchev–Trinajstić information content (AvgIpc) is 2.38. The molecule has 0 aliphatic carbocycles. The lowest BCUT2D eigenvalue weighted by atomic mass is 10.2. The third-order valence-electron chi connectivity index (χ3n) is 2.39. The minimum Gasteiger partial charge on any atom is -0.508 e. The number of phenols is 1. The van der Waals surface area contributed by atoms with Crippen LogP contribution in [0.3, 0.4) is 0 Å². The van der Waals surface area contributed by atoms with Gasteiger partial charge < -0.3 is 5.11 Å².